The summed E-state index contributed by atoms with van der Waals surface area (Å²) in [4.78, 5) is 41.0. The summed E-state index contributed by atoms with van der Waals surface area (Å²) in [7, 11) is -3.81. The van der Waals surface area contributed by atoms with Gasteiger partial charge in [-0.25, -0.2) is 23.3 Å². The lowest BCUT2D eigenvalue weighted by atomic mass is 10.2. The number of hydrogen-bond acceptors (Lipinski definition) is 12. The molecule has 0 spiro atoms. The van der Waals surface area contributed by atoms with Crippen LogP contribution in [0, 0.1) is 6.92 Å². The smallest absolute Gasteiger partial charge is 0.347 e. The molecule has 38 heavy (non-hydrogen) atoms. The fourth-order valence-electron chi connectivity index (χ4n) is 4.13. The lowest BCUT2D eigenvalue weighted by Gasteiger charge is -2.35. The summed E-state index contributed by atoms with van der Waals surface area (Å²) >= 11 is 0.965. The van der Waals surface area contributed by atoms with Crippen LogP contribution >= 0.6 is 11.3 Å². The first-order valence-corrected chi connectivity index (χ1v) is 13.9. The van der Waals surface area contributed by atoms with Gasteiger partial charge in [0.15, 0.2) is 16.8 Å². The van der Waals surface area contributed by atoms with Crippen LogP contribution in [0.3, 0.4) is 0 Å². The number of nitrogens with zero attached hydrogens (tertiary/aromatic N) is 5. The molecule has 4 heterocycles. The van der Waals surface area contributed by atoms with E-state index in [9.17, 15) is 23.1 Å². The van der Waals surface area contributed by atoms with Crippen LogP contribution in [0.4, 0.5) is 22.7 Å². The van der Waals surface area contributed by atoms with Gasteiger partial charge in [-0.1, -0.05) is 23.5 Å². The van der Waals surface area contributed by atoms with Crippen molar-refractivity contribution in [1.29, 1.82) is 0 Å². The average molecular weight is 561 g/mol. The Kier molecular flexibility index (Phi) is 6.77. The summed E-state index contributed by atoms with van der Waals surface area (Å²) in [6.07, 6.45) is 0. The van der Waals surface area contributed by atoms with Gasteiger partial charge in [-0.3, -0.25) is 10.1 Å². The molecule has 0 aliphatic carbocycles. The van der Waals surface area contributed by atoms with E-state index < -0.39 is 16.0 Å². The fourth-order valence-corrected chi connectivity index (χ4v) is 5.44. The highest BCUT2D eigenvalue weighted by Crippen LogP contribution is 2.40. The van der Waals surface area contributed by atoms with Crippen molar-refractivity contribution >= 4 is 56.0 Å². The fraction of sp³-hybridized carbons (Fsp3) is 0.318. The number of amides is 1. The largest absolute Gasteiger partial charge is 0.485 e. The number of nitrogens with one attached hydrogen (secondary N) is 2. The molecule has 1 fully saturated rings. The van der Waals surface area contributed by atoms with Gasteiger partial charge >= 0.3 is 5.97 Å². The molecule has 2 aliphatic heterocycles. The lowest BCUT2D eigenvalue weighted by Crippen LogP contribution is -2.48. The van der Waals surface area contributed by atoms with Crippen molar-refractivity contribution in [3.8, 4) is 5.75 Å². The Labute approximate surface area is 221 Å². The van der Waals surface area contributed by atoms with E-state index in [1.807, 2.05) is 4.90 Å². The number of ether oxygens (including phenoxy) is 1. The second-order valence-electron chi connectivity index (χ2n) is 8.62. The Morgan fingerprint density at radius 1 is 1.21 bits per heavy atom. The van der Waals surface area contributed by atoms with Gasteiger partial charge in [0.05, 0.1) is 23.7 Å². The molecule has 0 atom stereocenters. The number of aromatic carboxylic acids is 1. The Bertz CT molecular complexity index is 1510. The summed E-state index contributed by atoms with van der Waals surface area (Å²) in [5.41, 5.74) is 1.18. The highest BCUT2D eigenvalue weighted by molar-refractivity contribution is 7.89. The molecule has 1 saturated heterocycles. The van der Waals surface area contributed by atoms with Gasteiger partial charge in [0.25, 0.3) is 0 Å². The highest BCUT2D eigenvalue weighted by Gasteiger charge is 2.30. The molecule has 3 aromatic rings. The van der Waals surface area contributed by atoms with Gasteiger partial charge in [-0.2, -0.15) is 9.97 Å². The molecule has 0 unspecified atom stereocenters. The summed E-state index contributed by atoms with van der Waals surface area (Å²) in [5, 5.41) is 20.7. The Hall–Kier alpha value is -4.02. The molecule has 14 nitrogen and oxygen atoms in total. The van der Waals surface area contributed by atoms with Crippen LogP contribution in [0.2, 0.25) is 0 Å². The zero-order valence-electron chi connectivity index (χ0n) is 20.2. The van der Waals surface area contributed by atoms with Crippen molar-refractivity contribution in [3.05, 3.63) is 40.4 Å². The maximum Gasteiger partial charge on any atom is 0.347 e. The topological polar surface area (TPSA) is 193 Å². The van der Waals surface area contributed by atoms with Crippen LogP contribution in [-0.4, -0.2) is 73.1 Å². The molecule has 1 amide bonds. The van der Waals surface area contributed by atoms with E-state index in [0.717, 1.165) is 16.9 Å². The van der Waals surface area contributed by atoms with E-state index in [2.05, 4.69) is 25.6 Å². The maximum absolute atomic E-state index is 12.1. The number of carbonyl (C=O) groups excluding carboxylic acids is 1. The number of sulfonamides is 1. The molecule has 0 bridgehead atoms. The highest BCUT2D eigenvalue weighted by atomic mass is 32.2. The number of thiazole rings is 1. The monoisotopic (exact) mass is 560 g/mol. The van der Waals surface area contributed by atoms with Crippen molar-refractivity contribution in [2.75, 3.05) is 47.9 Å². The number of benzene rings is 1. The molecule has 0 saturated carbocycles. The number of aromatic nitrogens is 3. The van der Waals surface area contributed by atoms with Crippen LogP contribution in [0.5, 0.6) is 5.75 Å². The van der Waals surface area contributed by atoms with E-state index in [1.54, 1.807) is 24.0 Å². The number of hydrogen-bond donors (Lipinski definition) is 4. The minimum absolute atomic E-state index is 0.0163. The Balaban J connectivity index is 1.52. The first kappa shape index (κ1) is 25.6. The molecule has 5 rings (SSSR count). The number of anilines is 4. The van der Waals surface area contributed by atoms with Crippen molar-refractivity contribution in [3.63, 3.8) is 0 Å². The number of rotatable bonds is 7. The summed E-state index contributed by atoms with van der Waals surface area (Å²) in [6, 6.07) is 6.25. The van der Waals surface area contributed by atoms with Gasteiger partial charge in [0, 0.05) is 19.6 Å². The van der Waals surface area contributed by atoms with Crippen molar-refractivity contribution in [2.24, 2.45) is 5.14 Å². The Morgan fingerprint density at radius 3 is 2.61 bits per heavy atom. The number of aryl methyl sites for hydroxylation is 1. The van der Waals surface area contributed by atoms with Gasteiger partial charge in [0.1, 0.15) is 11.5 Å². The second-order valence-corrected chi connectivity index (χ2v) is 11.2. The quantitative estimate of drug-likeness (QED) is 0.316. The Morgan fingerprint density at radius 2 is 1.95 bits per heavy atom. The number of fused-ring (bicyclic) bond motifs is 1. The third kappa shape index (κ3) is 5.32. The van der Waals surface area contributed by atoms with Crippen LogP contribution < -0.4 is 30.3 Å². The molecule has 0 radical (unpaired) electrons. The van der Waals surface area contributed by atoms with Gasteiger partial charge in [-0.05, 0) is 24.6 Å². The number of piperazine rings is 1. The minimum Gasteiger partial charge on any atom is -0.485 e. The van der Waals surface area contributed by atoms with Crippen LogP contribution in [0.15, 0.2) is 29.2 Å². The molecule has 1 aromatic carbocycles. The lowest BCUT2D eigenvalue weighted by molar-refractivity contribution is -0.120. The summed E-state index contributed by atoms with van der Waals surface area (Å²) in [5.74, 6) is 0.245. The van der Waals surface area contributed by atoms with E-state index in [4.69, 9.17) is 9.88 Å². The van der Waals surface area contributed by atoms with Crippen molar-refractivity contribution in [2.45, 2.75) is 18.4 Å². The van der Waals surface area contributed by atoms with E-state index in [1.165, 1.54) is 12.1 Å². The normalized spacial score (nSPS) is 15.5. The van der Waals surface area contributed by atoms with E-state index >= 15 is 0 Å². The van der Waals surface area contributed by atoms with Gasteiger partial charge < -0.3 is 25.0 Å². The summed E-state index contributed by atoms with van der Waals surface area (Å²) < 4.78 is 29.2. The zero-order valence-corrected chi connectivity index (χ0v) is 21.8. The molecular weight excluding hydrogens is 536 g/mol. The molecule has 16 heteroatoms. The van der Waals surface area contributed by atoms with Crippen LogP contribution in [0.25, 0.3) is 0 Å². The molecule has 200 valence electrons. The molecule has 5 N–H and O–H groups in total. The minimum atomic E-state index is -3.81. The maximum atomic E-state index is 12.1. The first-order valence-electron chi connectivity index (χ1n) is 11.5. The first-order chi connectivity index (χ1) is 18.1. The van der Waals surface area contributed by atoms with E-state index in [-0.39, 0.29) is 28.2 Å². The second kappa shape index (κ2) is 10.0. The number of carboxylic acid groups (broad SMARTS) is 1. The number of carbonyl (C=O) groups is 2. The molecule has 2 aliphatic rings. The molecular formula is C22H24N8O6S2. The third-order valence-corrected chi connectivity index (χ3v) is 7.90. The SMILES string of the molecule is Cc1nc(Nc2nc(N3CCNC(=O)C3)c3c(n2)N(Cc2ccc(S(N)(=O)=O)cc2)CCO3)sc1C(=O)O. The standard InChI is InChI=1S/C22H24N8O6S2/c1-12-17(20(32)33)37-22(25-12)28-21-26-18(29-7-6-24-15(31)11-29)16-19(27-21)30(8-9-36-16)10-13-2-4-14(5-3-13)38(23,34)35/h2-5H,6-11H2,1H3,(H,24,31)(H,32,33)(H2,23,34,35)(H,25,26,27,28). The van der Waals surface area contributed by atoms with Crippen LogP contribution in [0.1, 0.15) is 20.9 Å². The predicted octanol–water partition coefficient (Wildman–Crippen LogP) is 0.666. The molecule has 2 aromatic heterocycles. The van der Waals surface area contributed by atoms with Crippen LogP contribution in [-0.2, 0) is 21.4 Å². The van der Waals surface area contributed by atoms with Gasteiger partial charge in [-0.15, -0.1) is 0 Å². The van der Waals surface area contributed by atoms with E-state index in [0.29, 0.717) is 61.0 Å². The number of carboxylic acids is 1. The van der Waals surface area contributed by atoms with Gasteiger partial charge in [0.2, 0.25) is 27.6 Å². The predicted molar refractivity (Wildman–Crippen MR) is 139 cm³/mol. The third-order valence-electron chi connectivity index (χ3n) is 5.91. The average Bonchev–Trinajstić information content (AvgIpc) is 3.24. The van der Waals surface area contributed by atoms with Crippen molar-refractivity contribution < 1.29 is 27.9 Å². The zero-order chi connectivity index (χ0) is 27.0. The summed E-state index contributed by atoms with van der Waals surface area (Å²) in [6.45, 7) is 3.85. The van der Waals surface area contributed by atoms with Crippen molar-refractivity contribution in [1.82, 2.24) is 20.3 Å². The number of primary sulfonamides is 1. The number of nitrogens with two attached hydrogens (primary N) is 1.